The van der Waals surface area contributed by atoms with Gasteiger partial charge < -0.3 is 15.3 Å². The van der Waals surface area contributed by atoms with Crippen molar-refractivity contribution in [2.45, 2.75) is 33.2 Å². The molecule has 0 saturated carbocycles. The number of anilines is 1. The Balaban J connectivity index is 2.77. The molecule has 108 valence electrons. The van der Waals surface area contributed by atoms with Gasteiger partial charge >= 0.3 is 5.97 Å². The summed E-state index contributed by atoms with van der Waals surface area (Å²) in [6, 6.07) is 0.280. The van der Waals surface area contributed by atoms with Crippen molar-refractivity contribution in [3.63, 3.8) is 0 Å². The lowest BCUT2D eigenvalue weighted by Gasteiger charge is -2.23. The fourth-order valence-electron chi connectivity index (χ4n) is 2.02. The standard InChI is InChI=1S/C13H23N3O2S/c1-8(2)6-10(7-16(4)5)15-13-14-9(3)11(19-13)12(17)18/h8,10H,6-7H2,1-5H3,(H,14,15)(H,17,18). The monoisotopic (exact) mass is 285 g/mol. The largest absolute Gasteiger partial charge is 0.477 e. The normalized spacial score (nSPS) is 13.0. The number of aromatic nitrogens is 1. The van der Waals surface area contributed by atoms with Gasteiger partial charge in [0.2, 0.25) is 0 Å². The Kier molecular flexibility index (Phi) is 5.75. The second-order valence-corrected chi connectivity index (χ2v) is 6.47. The lowest BCUT2D eigenvalue weighted by Crippen LogP contribution is -2.33. The van der Waals surface area contributed by atoms with Gasteiger partial charge in [0.05, 0.1) is 5.69 Å². The number of hydrogen-bond donors (Lipinski definition) is 2. The molecule has 1 aromatic heterocycles. The Morgan fingerprint density at radius 2 is 2.11 bits per heavy atom. The smallest absolute Gasteiger partial charge is 0.347 e. The molecular weight excluding hydrogens is 262 g/mol. The Labute approximate surface area is 118 Å². The molecular formula is C13H23N3O2S. The molecule has 6 heteroatoms. The second-order valence-electron chi connectivity index (χ2n) is 5.47. The van der Waals surface area contributed by atoms with Crippen LogP contribution in [0.3, 0.4) is 0 Å². The summed E-state index contributed by atoms with van der Waals surface area (Å²) >= 11 is 1.21. The lowest BCUT2D eigenvalue weighted by molar-refractivity contribution is 0.0701. The molecule has 19 heavy (non-hydrogen) atoms. The van der Waals surface area contributed by atoms with E-state index in [0.29, 0.717) is 21.6 Å². The third kappa shape index (κ3) is 5.16. The summed E-state index contributed by atoms with van der Waals surface area (Å²) in [6.45, 7) is 6.99. The van der Waals surface area contributed by atoms with E-state index < -0.39 is 5.97 Å². The molecule has 0 amide bonds. The number of nitrogens with zero attached hydrogens (tertiary/aromatic N) is 2. The van der Waals surface area contributed by atoms with Gasteiger partial charge in [0.1, 0.15) is 4.88 Å². The van der Waals surface area contributed by atoms with Crippen LogP contribution in [0, 0.1) is 12.8 Å². The summed E-state index contributed by atoms with van der Waals surface area (Å²) in [4.78, 5) is 17.7. The van der Waals surface area contributed by atoms with Gasteiger partial charge in [-0.2, -0.15) is 0 Å². The van der Waals surface area contributed by atoms with E-state index >= 15 is 0 Å². The average Bonchev–Trinajstić information content (AvgIpc) is 2.57. The summed E-state index contributed by atoms with van der Waals surface area (Å²) in [6.07, 6.45) is 1.03. The van der Waals surface area contributed by atoms with Crippen LogP contribution in [0.15, 0.2) is 0 Å². The molecule has 1 atom stereocenters. The van der Waals surface area contributed by atoms with Gasteiger partial charge in [-0.25, -0.2) is 9.78 Å². The van der Waals surface area contributed by atoms with Crippen molar-refractivity contribution >= 4 is 22.4 Å². The van der Waals surface area contributed by atoms with Crippen molar-refractivity contribution in [3.05, 3.63) is 10.6 Å². The highest BCUT2D eigenvalue weighted by Gasteiger charge is 2.17. The second kappa shape index (κ2) is 6.86. The molecule has 1 unspecified atom stereocenters. The van der Waals surface area contributed by atoms with Crippen molar-refractivity contribution in [1.29, 1.82) is 0 Å². The molecule has 1 rings (SSSR count). The minimum Gasteiger partial charge on any atom is -0.477 e. The van der Waals surface area contributed by atoms with E-state index in [2.05, 4.69) is 29.0 Å². The Hall–Kier alpha value is -1.14. The van der Waals surface area contributed by atoms with Crippen molar-refractivity contribution in [2.24, 2.45) is 5.92 Å². The highest BCUT2D eigenvalue weighted by Crippen LogP contribution is 2.24. The minimum atomic E-state index is -0.906. The van der Waals surface area contributed by atoms with Gasteiger partial charge in [-0.1, -0.05) is 25.2 Å². The molecule has 0 saturated heterocycles. The zero-order chi connectivity index (χ0) is 14.6. The van der Waals surface area contributed by atoms with Gasteiger partial charge in [-0.3, -0.25) is 0 Å². The topological polar surface area (TPSA) is 65.5 Å². The van der Waals surface area contributed by atoms with Gasteiger partial charge in [0.25, 0.3) is 0 Å². The number of aromatic carboxylic acids is 1. The maximum Gasteiger partial charge on any atom is 0.347 e. The molecule has 2 N–H and O–H groups in total. The molecule has 0 aliphatic rings. The first-order chi connectivity index (χ1) is 8.79. The molecule has 0 aliphatic carbocycles. The van der Waals surface area contributed by atoms with Crippen LogP contribution in [-0.2, 0) is 0 Å². The van der Waals surface area contributed by atoms with Crippen molar-refractivity contribution < 1.29 is 9.90 Å². The molecule has 1 aromatic rings. The first-order valence-corrected chi connectivity index (χ1v) is 7.23. The number of carboxylic acids is 1. The van der Waals surface area contributed by atoms with Gasteiger partial charge in [0, 0.05) is 12.6 Å². The minimum absolute atomic E-state index is 0.280. The molecule has 0 radical (unpaired) electrons. The SMILES string of the molecule is Cc1nc(NC(CC(C)C)CN(C)C)sc1C(=O)O. The van der Waals surface area contributed by atoms with Gasteiger partial charge in [0.15, 0.2) is 5.13 Å². The summed E-state index contributed by atoms with van der Waals surface area (Å²) in [5.41, 5.74) is 0.577. The summed E-state index contributed by atoms with van der Waals surface area (Å²) in [5.74, 6) is -0.325. The number of nitrogens with one attached hydrogen (secondary N) is 1. The lowest BCUT2D eigenvalue weighted by atomic mass is 10.0. The third-order valence-electron chi connectivity index (χ3n) is 2.66. The van der Waals surface area contributed by atoms with Gasteiger partial charge in [-0.05, 0) is 33.4 Å². The molecule has 0 fully saturated rings. The molecule has 0 bridgehead atoms. The average molecular weight is 285 g/mol. The van der Waals surface area contributed by atoms with Crippen LogP contribution in [0.1, 0.15) is 35.6 Å². The number of carboxylic acid groups (broad SMARTS) is 1. The highest BCUT2D eigenvalue weighted by atomic mass is 32.1. The van der Waals surface area contributed by atoms with E-state index in [9.17, 15) is 4.79 Å². The van der Waals surface area contributed by atoms with E-state index in [4.69, 9.17) is 5.11 Å². The van der Waals surface area contributed by atoms with E-state index in [0.717, 1.165) is 13.0 Å². The third-order valence-corrected chi connectivity index (χ3v) is 3.74. The summed E-state index contributed by atoms with van der Waals surface area (Å²) in [7, 11) is 4.07. The van der Waals surface area contributed by atoms with Crippen LogP contribution < -0.4 is 5.32 Å². The number of aryl methyl sites for hydroxylation is 1. The van der Waals surface area contributed by atoms with E-state index in [-0.39, 0.29) is 6.04 Å². The number of hydrogen-bond acceptors (Lipinski definition) is 5. The zero-order valence-electron chi connectivity index (χ0n) is 12.2. The molecule has 0 spiro atoms. The maximum atomic E-state index is 11.0. The quantitative estimate of drug-likeness (QED) is 0.806. The predicted octanol–water partition coefficient (Wildman–Crippen LogP) is 2.54. The number of carbonyl (C=O) groups is 1. The van der Waals surface area contributed by atoms with Crippen LogP contribution >= 0.6 is 11.3 Å². The summed E-state index contributed by atoms with van der Waals surface area (Å²) < 4.78 is 0. The van der Waals surface area contributed by atoms with Crippen molar-refractivity contribution in [2.75, 3.05) is 26.0 Å². The molecule has 0 aromatic carbocycles. The van der Waals surface area contributed by atoms with Crippen LogP contribution in [-0.4, -0.2) is 47.6 Å². The van der Waals surface area contributed by atoms with Crippen LogP contribution in [0.25, 0.3) is 0 Å². The Morgan fingerprint density at radius 1 is 1.47 bits per heavy atom. The van der Waals surface area contributed by atoms with Gasteiger partial charge in [-0.15, -0.1) is 0 Å². The van der Waals surface area contributed by atoms with Crippen molar-refractivity contribution in [3.8, 4) is 0 Å². The van der Waals surface area contributed by atoms with E-state index in [1.54, 1.807) is 6.92 Å². The van der Waals surface area contributed by atoms with Crippen LogP contribution in [0.2, 0.25) is 0 Å². The number of thiazole rings is 1. The predicted molar refractivity (Wildman–Crippen MR) is 79.2 cm³/mol. The zero-order valence-corrected chi connectivity index (χ0v) is 13.0. The first-order valence-electron chi connectivity index (χ1n) is 6.41. The molecule has 5 nitrogen and oxygen atoms in total. The van der Waals surface area contributed by atoms with Crippen LogP contribution in [0.5, 0.6) is 0 Å². The Morgan fingerprint density at radius 3 is 2.53 bits per heavy atom. The fraction of sp³-hybridized carbons (Fsp3) is 0.692. The number of rotatable bonds is 7. The molecule has 0 aliphatic heterocycles. The highest BCUT2D eigenvalue weighted by molar-refractivity contribution is 7.17. The van der Waals surface area contributed by atoms with E-state index in [1.165, 1.54) is 11.3 Å². The first kappa shape index (κ1) is 15.9. The summed E-state index contributed by atoms with van der Waals surface area (Å²) in [5, 5.41) is 13.1. The maximum absolute atomic E-state index is 11.0. The van der Waals surface area contributed by atoms with Crippen LogP contribution in [0.4, 0.5) is 5.13 Å². The van der Waals surface area contributed by atoms with E-state index in [1.807, 2.05) is 14.1 Å². The Bertz CT molecular complexity index is 420. The van der Waals surface area contributed by atoms with Crippen molar-refractivity contribution in [1.82, 2.24) is 9.88 Å². The molecule has 1 heterocycles. The number of likely N-dealkylation sites (N-methyl/N-ethyl adjacent to an activating group) is 1. The fourth-order valence-corrected chi connectivity index (χ4v) is 2.90.